The Morgan fingerprint density at radius 3 is 2.56 bits per heavy atom. The third kappa shape index (κ3) is 6.10. The Morgan fingerprint density at radius 1 is 1.10 bits per heavy atom. The molecule has 0 aliphatic heterocycles. The van der Waals surface area contributed by atoms with Crippen LogP contribution in [0.1, 0.15) is 63.7 Å². The summed E-state index contributed by atoms with van der Waals surface area (Å²) in [6, 6.07) is 21.0. The summed E-state index contributed by atoms with van der Waals surface area (Å²) in [6.07, 6.45) is 5.41. The summed E-state index contributed by atoms with van der Waals surface area (Å²) < 4.78 is 16.2. The first-order valence-electron chi connectivity index (χ1n) is 12.9. The smallest absolute Gasteiger partial charge is 0.272 e. The van der Waals surface area contributed by atoms with E-state index in [1.54, 1.807) is 12.1 Å². The van der Waals surface area contributed by atoms with Gasteiger partial charge in [0.05, 0.1) is 24.0 Å². The summed E-state index contributed by atoms with van der Waals surface area (Å²) in [6.45, 7) is -0.232. The van der Waals surface area contributed by atoms with Crippen molar-refractivity contribution in [3.05, 3.63) is 117 Å². The van der Waals surface area contributed by atoms with E-state index in [4.69, 9.17) is 16.7 Å². The van der Waals surface area contributed by atoms with Crippen LogP contribution in [0.2, 0.25) is 5.02 Å². The molecule has 1 heterocycles. The number of rotatable bonds is 7. The van der Waals surface area contributed by atoms with E-state index in [1.165, 1.54) is 12.1 Å². The average molecular weight is 656 g/mol. The van der Waals surface area contributed by atoms with Crippen molar-refractivity contribution in [2.24, 2.45) is 0 Å². The van der Waals surface area contributed by atoms with Gasteiger partial charge in [-0.2, -0.15) is 5.10 Å². The molecule has 0 bridgehead atoms. The van der Waals surface area contributed by atoms with Crippen molar-refractivity contribution in [1.82, 2.24) is 15.1 Å². The van der Waals surface area contributed by atoms with Gasteiger partial charge in [0.25, 0.3) is 5.91 Å². The van der Waals surface area contributed by atoms with Gasteiger partial charge in [-0.15, -0.1) is 0 Å². The Balaban J connectivity index is 1.66. The third-order valence-electron chi connectivity index (χ3n) is 6.94. The molecule has 5 rings (SSSR count). The van der Waals surface area contributed by atoms with Gasteiger partial charge in [-0.05, 0) is 84.4 Å². The average Bonchev–Trinajstić information content (AvgIpc) is 3.21. The van der Waals surface area contributed by atoms with Crippen LogP contribution in [0, 0.1) is 5.82 Å². The number of halogens is 3. The number of alkyl halides is 1. The molecular formula is C31H28ClFIN3O2. The van der Waals surface area contributed by atoms with Gasteiger partial charge < -0.3 is 10.4 Å². The van der Waals surface area contributed by atoms with Crippen molar-refractivity contribution in [1.29, 1.82) is 0 Å². The highest BCUT2D eigenvalue weighted by Crippen LogP contribution is 2.36. The van der Waals surface area contributed by atoms with E-state index in [0.717, 1.165) is 58.5 Å². The summed E-state index contributed by atoms with van der Waals surface area (Å²) in [4.78, 5) is 13.7. The molecular weight excluding hydrogens is 628 g/mol. The molecule has 5 nitrogen and oxygen atoms in total. The molecule has 2 N–H and O–H groups in total. The van der Waals surface area contributed by atoms with Gasteiger partial charge in [-0.3, -0.25) is 4.79 Å². The number of carbonyl (C=O) groups excluding carboxylic acids is 1. The first-order valence-corrected chi connectivity index (χ1v) is 14.8. The number of hydrogen-bond acceptors (Lipinski definition) is 3. The van der Waals surface area contributed by atoms with Crippen LogP contribution in [-0.2, 0) is 10.8 Å². The number of benzene rings is 3. The van der Waals surface area contributed by atoms with Gasteiger partial charge >= 0.3 is 0 Å². The Hall–Kier alpha value is -3.01. The molecule has 8 heteroatoms. The molecule has 1 aromatic heterocycles. The van der Waals surface area contributed by atoms with Crippen LogP contribution in [0.5, 0.6) is 0 Å². The van der Waals surface area contributed by atoms with E-state index >= 15 is 0 Å². The lowest BCUT2D eigenvalue weighted by atomic mass is 10.0. The second kappa shape index (κ2) is 12.4. The van der Waals surface area contributed by atoms with E-state index in [1.807, 2.05) is 53.2 Å². The fraction of sp³-hybridized carbons (Fsp3) is 0.226. The topological polar surface area (TPSA) is 67.2 Å². The standard InChI is InChI=1S/C31H28ClFIN3O2/c32-24-12-15-28(23(17-24)18-34)37-30-22(16-20-10-13-25(33)14-11-20)8-4-5-9-26(30)29(36-37)31(39)35-27(19-38)21-6-2-1-3-7-21/h1-3,6-7,10-17,27,38H,4-5,8-9,18-19H2,(H,35,39)/b22-16+/t27-/m1/s1. The van der Waals surface area contributed by atoms with Gasteiger partial charge in [0.15, 0.2) is 5.69 Å². The Bertz CT molecular complexity index is 1500. The zero-order valence-corrected chi connectivity index (χ0v) is 24.1. The lowest BCUT2D eigenvalue weighted by Gasteiger charge is -2.16. The summed E-state index contributed by atoms with van der Waals surface area (Å²) in [7, 11) is 0. The van der Waals surface area contributed by atoms with Gasteiger partial charge in [0, 0.05) is 15.0 Å². The van der Waals surface area contributed by atoms with Crippen molar-refractivity contribution >= 4 is 51.7 Å². The van der Waals surface area contributed by atoms with Crippen LogP contribution in [0.3, 0.4) is 0 Å². The molecule has 4 aromatic rings. The number of carbonyl (C=O) groups is 1. The number of aliphatic hydroxyl groups excluding tert-OH is 1. The van der Waals surface area contributed by atoms with Crippen LogP contribution in [-0.4, -0.2) is 27.4 Å². The molecule has 0 saturated heterocycles. The number of aromatic nitrogens is 2. The number of allylic oxidation sites excluding steroid dienone is 1. The van der Waals surface area contributed by atoms with Crippen molar-refractivity contribution < 1.29 is 14.3 Å². The number of aliphatic hydroxyl groups is 1. The highest BCUT2D eigenvalue weighted by atomic mass is 127. The normalized spacial score (nSPS) is 15.0. The SMILES string of the molecule is O=C(N[C@H](CO)c1ccccc1)c1nn(-c2ccc(Cl)cc2CI)c2c1CCCC/C2=C\c1ccc(F)cc1. The number of hydrogen-bond donors (Lipinski definition) is 2. The summed E-state index contributed by atoms with van der Waals surface area (Å²) in [5, 5.41) is 18.6. The largest absolute Gasteiger partial charge is 0.394 e. The summed E-state index contributed by atoms with van der Waals surface area (Å²) >= 11 is 8.63. The summed E-state index contributed by atoms with van der Waals surface area (Å²) in [5.74, 6) is -0.617. The summed E-state index contributed by atoms with van der Waals surface area (Å²) in [5.41, 5.74) is 6.71. The lowest BCUT2D eigenvalue weighted by Crippen LogP contribution is -2.31. The van der Waals surface area contributed by atoms with Crippen LogP contribution < -0.4 is 5.32 Å². The number of fused-ring (bicyclic) bond motifs is 1. The fourth-order valence-corrected chi connectivity index (χ4v) is 5.83. The molecule has 3 aromatic carbocycles. The molecule has 39 heavy (non-hydrogen) atoms. The van der Waals surface area contributed by atoms with E-state index in [-0.39, 0.29) is 18.3 Å². The molecule has 1 aliphatic carbocycles. The van der Waals surface area contributed by atoms with Crippen molar-refractivity contribution in [3.63, 3.8) is 0 Å². The predicted octanol–water partition coefficient (Wildman–Crippen LogP) is 7.33. The Kier molecular flexibility index (Phi) is 8.79. The van der Waals surface area contributed by atoms with Crippen LogP contribution in [0.15, 0.2) is 72.8 Å². The fourth-order valence-electron chi connectivity index (χ4n) is 5.02. The first-order chi connectivity index (χ1) is 19.0. The second-order valence-electron chi connectivity index (χ2n) is 9.54. The third-order valence-corrected chi connectivity index (χ3v) is 8.00. The second-order valence-corrected chi connectivity index (χ2v) is 10.7. The Morgan fingerprint density at radius 2 is 1.85 bits per heavy atom. The quantitative estimate of drug-likeness (QED) is 0.125. The van der Waals surface area contributed by atoms with Gasteiger partial charge in [-0.25, -0.2) is 9.07 Å². The first kappa shape index (κ1) is 27.6. The molecule has 0 unspecified atom stereocenters. The molecule has 1 aliphatic rings. The lowest BCUT2D eigenvalue weighted by molar-refractivity contribution is 0.0909. The molecule has 0 spiro atoms. The van der Waals surface area contributed by atoms with E-state index in [0.29, 0.717) is 21.6 Å². The molecule has 0 fully saturated rings. The van der Waals surface area contributed by atoms with Gasteiger partial charge in [0.1, 0.15) is 5.82 Å². The number of amides is 1. The van der Waals surface area contributed by atoms with Gasteiger partial charge in [-0.1, -0.05) is 76.7 Å². The zero-order chi connectivity index (χ0) is 27.4. The maximum atomic E-state index is 13.7. The maximum absolute atomic E-state index is 13.7. The minimum Gasteiger partial charge on any atom is -0.394 e. The highest BCUT2D eigenvalue weighted by molar-refractivity contribution is 14.1. The van der Waals surface area contributed by atoms with E-state index in [9.17, 15) is 14.3 Å². The molecule has 1 atom stereocenters. The monoisotopic (exact) mass is 655 g/mol. The molecule has 0 saturated carbocycles. The van der Waals surface area contributed by atoms with Crippen molar-refractivity contribution in [2.75, 3.05) is 6.61 Å². The van der Waals surface area contributed by atoms with E-state index < -0.39 is 6.04 Å². The predicted molar refractivity (Wildman–Crippen MR) is 162 cm³/mol. The van der Waals surface area contributed by atoms with Crippen LogP contribution >= 0.6 is 34.2 Å². The van der Waals surface area contributed by atoms with E-state index in [2.05, 4.69) is 34.0 Å². The molecule has 200 valence electrons. The number of nitrogens with zero attached hydrogens (tertiary/aromatic N) is 2. The van der Waals surface area contributed by atoms with Crippen LogP contribution in [0.4, 0.5) is 4.39 Å². The Labute approximate surface area is 245 Å². The van der Waals surface area contributed by atoms with Crippen LogP contribution in [0.25, 0.3) is 17.3 Å². The van der Waals surface area contributed by atoms with Crippen molar-refractivity contribution in [3.8, 4) is 5.69 Å². The minimum atomic E-state index is -0.556. The maximum Gasteiger partial charge on any atom is 0.272 e. The number of nitrogens with one attached hydrogen (secondary N) is 1. The molecule has 0 radical (unpaired) electrons. The van der Waals surface area contributed by atoms with Crippen molar-refractivity contribution in [2.45, 2.75) is 36.2 Å². The molecule has 1 amide bonds. The minimum absolute atomic E-state index is 0.232. The highest BCUT2D eigenvalue weighted by Gasteiger charge is 2.29. The van der Waals surface area contributed by atoms with Gasteiger partial charge in [0.2, 0.25) is 0 Å². The zero-order valence-electron chi connectivity index (χ0n) is 21.2.